The second-order valence-corrected chi connectivity index (χ2v) is 9.10. The van der Waals surface area contributed by atoms with E-state index < -0.39 is 10.0 Å². The van der Waals surface area contributed by atoms with Crippen molar-refractivity contribution in [3.63, 3.8) is 0 Å². The molecule has 1 N–H and O–H groups in total. The van der Waals surface area contributed by atoms with E-state index in [9.17, 15) is 18.0 Å². The third-order valence-corrected chi connectivity index (χ3v) is 6.50. The van der Waals surface area contributed by atoms with Crippen LogP contribution in [0.2, 0.25) is 0 Å². The largest absolute Gasteiger partial charge is 0.497 e. The van der Waals surface area contributed by atoms with Gasteiger partial charge in [-0.2, -0.15) is 0 Å². The first-order chi connectivity index (χ1) is 14.3. The number of nitrogens with one attached hydrogen (secondary N) is 1. The molecule has 0 unspecified atom stereocenters. The Kier molecular flexibility index (Phi) is 6.89. The molecular weight excluding hydrogens is 404 g/mol. The number of carbonyl (C=O) groups is 2. The zero-order chi connectivity index (χ0) is 21.7. The number of rotatable bonds is 10. The number of hydrogen-bond donors (Lipinski definition) is 1. The van der Waals surface area contributed by atoms with E-state index in [4.69, 9.17) is 4.74 Å². The second-order valence-electron chi connectivity index (χ2n) is 7.33. The molecule has 0 heterocycles. The Hall–Kier alpha value is -2.71. The summed E-state index contributed by atoms with van der Waals surface area (Å²) in [6.07, 6.45) is 2.02. The Morgan fingerprint density at radius 1 is 1.07 bits per heavy atom. The highest BCUT2D eigenvalue weighted by Crippen LogP contribution is 2.29. The van der Waals surface area contributed by atoms with Crippen molar-refractivity contribution in [3.8, 4) is 5.75 Å². The zero-order valence-corrected chi connectivity index (χ0v) is 17.9. The lowest BCUT2D eigenvalue weighted by Crippen LogP contribution is -2.35. The number of ether oxygens (including phenoxy) is 1. The number of amides is 1. The molecule has 0 aromatic heterocycles. The highest BCUT2D eigenvalue weighted by Gasteiger charge is 2.32. The van der Waals surface area contributed by atoms with Crippen molar-refractivity contribution in [3.05, 3.63) is 59.7 Å². The fourth-order valence-electron chi connectivity index (χ4n) is 3.12. The quantitative estimate of drug-likeness (QED) is 0.585. The smallest absolute Gasteiger partial charge is 0.240 e. The Morgan fingerprint density at radius 2 is 1.70 bits per heavy atom. The average Bonchev–Trinajstić information content (AvgIpc) is 3.57. The summed E-state index contributed by atoms with van der Waals surface area (Å²) in [4.78, 5) is 25.9. The lowest BCUT2D eigenvalue weighted by atomic mass is 10.2. The van der Waals surface area contributed by atoms with Gasteiger partial charge in [0.15, 0.2) is 5.78 Å². The monoisotopic (exact) mass is 430 g/mol. The van der Waals surface area contributed by atoms with Crippen molar-refractivity contribution in [2.24, 2.45) is 0 Å². The summed E-state index contributed by atoms with van der Waals surface area (Å²) in [6, 6.07) is 13.5. The maximum Gasteiger partial charge on any atom is 0.240 e. The molecule has 1 aliphatic rings. The molecule has 0 bridgehead atoms. The van der Waals surface area contributed by atoms with E-state index in [0.29, 0.717) is 12.1 Å². The van der Waals surface area contributed by atoms with E-state index in [0.717, 1.165) is 24.2 Å². The van der Waals surface area contributed by atoms with E-state index in [2.05, 4.69) is 4.72 Å². The zero-order valence-electron chi connectivity index (χ0n) is 17.1. The first-order valence-corrected chi connectivity index (χ1v) is 11.3. The molecule has 0 spiro atoms. The first-order valence-electron chi connectivity index (χ1n) is 9.83. The van der Waals surface area contributed by atoms with Crippen molar-refractivity contribution >= 4 is 21.7 Å². The molecule has 0 radical (unpaired) electrons. The van der Waals surface area contributed by atoms with Crippen LogP contribution in [-0.2, 0) is 21.4 Å². The van der Waals surface area contributed by atoms with Gasteiger partial charge < -0.3 is 9.64 Å². The summed E-state index contributed by atoms with van der Waals surface area (Å²) >= 11 is 0. The van der Waals surface area contributed by atoms with Crippen LogP contribution in [0.1, 0.15) is 42.1 Å². The molecule has 0 saturated heterocycles. The number of benzene rings is 2. The van der Waals surface area contributed by atoms with Crippen LogP contribution in [0.4, 0.5) is 0 Å². The van der Waals surface area contributed by atoms with Gasteiger partial charge >= 0.3 is 0 Å². The van der Waals surface area contributed by atoms with Crippen LogP contribution in [-0.4, -0.2) is 44.7 Å². The molecule has 7 nitrogen and oxygen atoms in total. The molecule has 1 fully saturated rings. The lowest BCUT2D eigenvalue weighted by molar-refractivity contribution is -0.132. The van der Waals surface area contributed by atoms with Gasteiger partial charge in [0, 0.05) is 31.1 Å². The van der Waals surface area contributed by atoms with Crippen LogP contribution in [0.5, 0.6) is 5.75 Å². The van der Waals surface area contributed by atoms with Crippen molar-refractivity contribution in [2.75, 3.05) is 13.7 Å². The van der Waals surface area contributed by atoms with Crippen molar-refractivity contribution in [1.82, 2.24) is 9.62 Å². The van der Waals surface area contributed by atoms with Gasteiger partial charge in [-0.25, -0.2) is 13.1 Å². The minimum atomic E-state index is -3.74. The minimum Gasteiger partial charge on any atom is -0.497 e. The van der Waals surface area contributed by atoms with E-state index in [1.54, 1.807) is 7.11 Å². The molecule has 3 rings (SSSR count). The minimum absolute atomic E-state index is 0.0153. The summed E-state index contributed by atoms with van der Waals surface area (Å²) in [5.41, 5.74) is 1.45. The normalized spacial score (nSPS) is 13.7. The second kappa shape index (κ2) is 9.40. The van der Waals surface area contributed by atoms with Gasteiger partial charge in [-0.15, -0.1) is 0 Å². The van der Waals surface area contributed by atoms with Gasteiger partial charge in [-0.3, -0.25) is 9.59 Å². The summed E-state index contributed by atoms with van der Waals surface area (Å²) in [5, 5.41) is 0. The fourth-order valence-corrected chi connectivity index (χ4v) is 4.15. The molecule has 0 atom stereocenters. The molecule has 2 aromatic rings. The Labute approximate surface area is 177 Å². The van der Waals surface area contributed by atoms with Crippen molar-refractivity contribution in [1.29, 1.82) is 0 Å². The summed E-state index contributed by atoms with van der Waals surface area (Å²) in [7, 11) is -2.14. The van der Waals surface area contributed by atoms with E-state index in [-0.39, 0.29) is 35.6 Å². The Balaban J connectivity index is 1.56. The van der Waals surface area contributed by atoms with Crippen molar-refractivity contribution in [2.45, 2.75) is 43.7 Å². The Bertz CT molecular complexity index is 997. The molecule has 1 saturated carbocycles. The van der Waals surface area contributed by atoms with Crippen LogP contribution in [0, 0.1) is 0 Å². The molecular formula is C22H26N2O5S. The third kappa shape index (κ3) is 5.67. The predicted molar refractivity (Wildman–Crippen MR) is 113 cm³/mol. The molecule has 30 heavy (non-hydrogen) atoms. The highest BCUT2D eigenvalue weighted by molar-refractivity contribution is 7.89. The van der Waals surface area contributed by atoms with Gasteiger partial charge in [0.1, 0.15) is 5.75 Å². The summed E-state index contributed by atoms with van der Waals surface area (Å²) in [6.45, 7) is 1.93. The van der Waals surface area contributed by atoms with Crippen molar-refractivity contribution < 1.29 is 22.7 Å². The SMILES string of the molecule is COc1ccc(CN(C(=O)CCNS(=O)(=O)c2ccc(C(C)=O)cc2)C2CC2)cc1. The van der Waals surface area contributed by atoms with E-state index in [1.165, 1.54) is 31.2 Å². The molecule has 8 heteroatoms. The molecule has 160 valence electrons. The van der Waals surface area contributed by atoms with Gasteiger partial charge in [0.2, 0.25) is 15.9 Å². The molecule has 2 aromatic carbocycles. The number of nitrogens with zero attached hydrogens (tertiary/aromatic N) is 1. The third-order valence-electron chi connectivity index (χ3n) is 5.02. The predicted octanol–water partition coefficient (Wildman–Crippen LogP) is 2.76. The van der Waals surface area contributed by atoms with Crippen LogP contribution in [0.15, 0.2) is 53.4 Å². The van der Waals surface area contributed by atoms with Gasteiger partial charge in [0.25, 0.3) is 0 Å². The lowest BCUT2D eigenvalue weighted by Gasteiger charge is -2.23. The molecule has 0 aliphatic heterocycles. The van der Waals surface area contributed by atoms with E-state index in [1.807, 2.05) is 29.2 Å². The fraction of sp³-hybridized carbons (Fsp3) is 0.364. The van der Waals surface area contributed by atoms with Crippen LogP contribution in [0.3, 0.4) is 0 Å². The number of carbonyl (C=O) groups excluding carboxylic acids is 2. The standard InChI is InChI=1S/C22H26N2O5S/c1-16(25)18-5-11-21(12-6-18)30(27,28)23-14-13-22(26)24(19-7-8-19)15-17-3-9-20(29-2)10-4-17/h3-6,9-12,19,23H,7-8,13-15H2,1-2H3. The average molecular weight is 431 g/mol. The van der Waals surface area contributed by atoms with Gasteiger partial charge in [-0.1, -0.05) is 24.3 Å². The summed E-state index contributed by atoms with van der Waals surface area (Å²) in [5.74, 6) is 0.547. The number of methoxy groups -OCH3 is 1. The molecule has 1 amide bonds. The van der Waals surface area contributed by atoms with Gasteiger partial charge in [-0.05, 0) is 49.6 Å². The van der Waals surface area contributed by atoms with Crippen LogP contribution in [0.25, 0.3) is 0 Å². The number of Topliss-reactive ketones (excluding diaryl/α,β-unsaturated/α-hetero) is 1. The maximum absolute atomic E-state index is 12.7. The first kappa shape index (κ1) is 22.0. The Morgan fingerprint density at radius 3 is 2.23 bits per heavy atom. The molecule has 1 aliphatic carbocycles. The maximum atomic E-state index is 12.7. The number of sulfonamides is 1. The van der Waals surface area contributed by atoms with Gasteiger partial charge in [0.05, 0.1) is 12.0 Å². The number of ketones is 1. The van der Waals surface area contributed by atoms with Crippen LogP contribution >= 0.6 is 0 Å². The number of hydrogen-bond acceptors (Lipinski definition) is 5. The van der Waals surface area contributed by atoms with Crippen LogP contribution < -0.4 is 9.46 Å². The highest BCUT2D eigenvalue weighted by atomic mass is 32.2. The van der Waals surface area contributed by atoms with E-state index >= 15 is 0 Å². The topological polar surface area (TPSA) is 92.8 Å². The summed E-state index contributed by atoms with van der Waals surface area (Å²) < 4.78 is 32.5.